The molecule has 3 heteroatoms. The molecule has 0 saturated heterocycles. The standard InChI is InChI=1S/C35H43ClN2/c1-7-23-37-29-15-11-9-13-27(29)34(3,4)31(37)21-19-25-17-18-26(33(25)36)20-22-32-35(5,6)28-14-10-12-16-30(28)38(32)24-8-2/h9-16,19-22,31H,7-8,17-18,23-24H2,1-6H3/b21-19+,26-20+,32-22+. The zero-order valence-electron chi connectivity index (χ0n) is 24.0. The first-order valence-corrected chi connectivity index (χ1v) is 14.8. The first-order chi connectivity index (χ1) is 18.2. The number of nitrogens with zero attached hydrogens (tertiary/aromatic N) is 2. The predicted octanol–water partition coefficient (Wildman–Crippen LogP) is 9.42. The Morgan fingerprint density at radius 2 is 1.50 bits per heavy atom. The summed E-state index contributed by atoms with van der Waals surface area (Å²) in [6, 6.07) is 18.1. The normalized spacial score (nSPS) is 23.8. The summed E-state index contributed by atoms with van der Waals surface area (Å²) in [5, 5.41) is 0.934. The number of hydrogen-bond donors (Lipinski definition) is 0. The molecule has 1 atom stereocenters. The smallest absolute Gasteiger partial charge is 0.0568 e. The van der Waals surface area contributed by atoms with E-state index in [1.807, 2.05) is 0 Å². The van der Waals surface area contributed by atoms with Crippen LogP contribution in [0.2, 0.25) is 0 Å². The predicted molar refractivity (Wildman–Crippen MR) is 165 cm³/mol. The van der Waals surface area contributed by atoms with Gasteiger partial charge in [-0.1, -0.05) is 108 Å². The van der Waals surface area contributed by atoms with Crippen molar-refractivity contribution in [2.24, 2.45) is 0 Å². The Kier molecular flexibility index (Phi) is 7.40. The molecule has 2 heterocycles. The Morgan fingerprint density at radius 3 is 2.21 bits per heavy atom. The molecular weight excluding hydrogens is 484 g/mol. The number of allylic oxidation sites excluding steroid dienone is 7. The van der Waals surface area contributed by atoms with Crippen molar-refractivity contribution in [1.29, 1.82) is 0 Å². The van der Waals surface area contributed by atoms with E-state index in [9.17, 15) is 0 Å². The summed E-state index contributed by atoms with van der Waals surface area (Å²) in [6.45, 7) is 16.1. The maximum absolute atomic E-state index is 7.03. The number of rotatable bonds is 7. The van der Waals surface area contributed by atoms with Crippen molar-refractivity contribution in [3.8, 4) is 0 Å². The van der Waals surface area contributed by atoms with Crippen LogP contribution in [0.15, 0.2) is 94.7 Å². The third-order valence-corrected chi connectivity index (χ3v) is 9.33. The summed E-state index contributed by atoms with van der Waals surface area (Å²) >= 11 is 7.03. The Balaban J connectivity index is 1.43. The lowest BCUT2D eigenvalue weighted by atomic mass is 9.80. The van der Waals surface area contributed by atoms with Gasteiger partial charge in [-0.15, -0.1) is 0 Å². The quantitative estimate of drug-likeness (QED) is 0.354. The fourth-order valence-electron chi connectivity index (χ4n) is 6.81. The van der Waals surface area contributed by atoms with Gasteiger partial charge in [-0.05, 0) is 66.2 Å². The van der Waals surface area contributed by atoms with Gasteiger partial charge in [-0.25, -0.2) is 0 Å². The molecule has 0 radical (unpaired) electrons. The number of fused-ring (bicyclic) bond motifs is 2. The van der Waals surface area contributed by atoms with E-state index >= 15 is 0 Å². The maximum atomic E-state index is 7.03. The fraction of sp³-hybridized carbons (Fsp3) is 0.429. The van der Waals surface area contributed by atoms with Crippen molar-refractivity contribution in [3.05, 3.63) is 106 Å². The minimum absolute atomic E-state index is 0.0217. The van der Waals surface area contributed by atoms with Crippen LogP contribution in [-0.4, -0.2) is 19.1 Å². The summed E-state index contributed by atoms with van der Waals surface area (Å²) in [7, 11) is 0. The number of anilines is 2. The van der Waals surface area contributed by atoms with E-state index in [4.69, 9.17) is 11.6 Å². The minimum atomic E-state index is -0.0217. The van der Waals surface area contributed by atoms with Crippen molar-refractivity contribution in [2.75, 3.05) is 22.9 Å². The lowest BCUT2D eigenvalue weighted by Crippen LogP contribution is -2.40. The molecule has 5 rings (SSSR count). The maximum Gasteiger partial charge on any atom is 0.0568 e. The van der Waals surface area contributed by atoms with Gasteiger partial charge in [0.15, 0.2) is 0 Å². The van der Waals surface area contributed by atoms with Gasteiger partial charge >= 0.3 is 0 Å². The average Bonchev–Trinajstić information content (AvgIpc) is 3.43. The van der Waals surface area contributed by atoms with Gasteiger partial charge in [0, 0.05) is 46.0 Å². The Morgan fingerprint density at radius 1 is 0.842 bits per heavy atom. The summed E-state index contributed by atoms with van der Waals surface area (Å²) in [5.41, 5.74) is 9.49. The van der Waals surface area contributed by atoms with Crippen LogP contribution in [0.5, 0.6) is 0 Å². The molecule has 0 saturated carbocycles. The third-order valence-electron chi connectivity index (χ3n) is 8.84. The largest absolute Gasteiger partial charge is 0.364 e. The molecule has 0 fully saturated rings. The number of para-hydroxylation sites is 2. The van der Waals surface area contributed by atoms with Crippen molar-refractivity contribution in [2.45, 2.75) is 84.1 Å². The molecular formula is C35H43ClN2. The highest BCUT2D eigenvalue weighted by molar-refractivity contribution is 6.33. The highest BCUT2D eigenvalue weighted by atomic mass is 35.5. The van der Waals surface area contributed by atoms with Crippen LogP contribution in [0.25, 0.3) is 0 Å². The monoisotopic (exact) mass is 526 g/mol. The molecule has 0 spiro atoms. The molecule has 0 bridgehead atoms. The van der Waals surface area contributed by atoms with Gasteiger partial charge in [0.2, 0.25) is 0 Å². The molecule has 38 heavy (non-hydrogen) atoms. The van der Waals surface area contributed by atoms with Crippen molar-refractivity contribution < 1.29 is 0 Å². The molecule has 0 aromatic heterocycles. The third kappa shape index (κ3) is 4.45. The van der Waals surface area contributed by atoms with Crippen LogP contribution in [0, 0.1) is 0 Å². The second-order valence-corrected chi connectivity index (χ2v) is 12.5. The SMILES string of the molecule is CCCN1/C(=C/C=C2\CCC(/C=C/C3N(CCC)c4ccccc4C3(C)C)=C2Cl)C(C)(C)c2ccccc21. The molecule has 0 N–H and O–H groups in total. The topological polar surface area (TPSA) is 6.48 Å². The molecule has 2 aliphatic heterocycles. The summed E-state index contributed by atoms with van der Waals surface area (Å²) in [5.74, 6) is 0. The summed E-state index contributed by atoms with van der Waals surface area (Å²) < 4.78 is 0. The molecule has 200 valence electrons. The number of halogens is 1. The van der Waals surface area contributed by atoms with Gasteiger partial charge in [0.25, 0.3) is 0 Å². The molecule has 2 aromatic rings. The molecule has 0 amide bonds. The highest BCUT2D eigenvalue weighted by Gasteiger charge is 2.42. The molecule has 2 aromatic carbocycles. The van der Waals surface area contributed by atoms with Crippen molar-refractivity contribution in [1.82, 2.24) is 0 Å². The molecule has 1 aliphatic carbocycles. The van der Waals surface area contributed by atoms with E-state index in [1.54, 1.807) is 0 Å². The van der Waals surface area contributed by atoms with Crippen LogP contribution in [0.3, 0.4) is 0 Å². The lowest BCUT2D eigenvalue weighted by molar-refractivity contribution is 0.473. The zero-order chi connectivity index (χ0) is 27.1. The van der Waals surface area contributed by atoms with E-state index in [-0.39, 0.29) is 10.8 Å². The van der Waals surface area contributed by atoms with Crippen LogP contribution < -0.4 is 9.80 Å². The van der Waals surface area contributed by atoms with E-state index in [0.717, 1.165) is 43.8 Å². The van der Waals surface area contributed by atoms with E-state index in [2.05, 4.69) is 124 Å². The first-order valence-electron chi connectivity index (χ1n) is 14.4. The van der Waals surface area contributed by atoms with E-state index < -0.39 is 0 Å². The van der Waals surface area contributed by atoms with Crippen LogP contribution >= 0.6 is 11.6 Å². The first kappa shape index (κ1) is 26.9. The van der Waals surface area contributed by atoms with Crippen LogP contribution in [-0.2, 0) is 10.8 Å². The van der Waals surface area contributed by atoms with E-state index in [0.29, 0.717) is 6.04 Å². The summed E-state index contributed by atoms with van der Waals surface area (Å²) in [6.07, 6.45) is 13.6. The Hall–Kier alpha value is -2.71. The zero-order valence-corrected chi connectivity index (χ0v) is 24.8. The molecule has 2 nitrogen and oxygen atoms in total. The Labute approximate surface area is 235 Å². The van der Waals surface area contributed by atoms with Gasteiger partial charge in [-0.2, -0.15) is 0 Å². The lowest BCUT2D eigenvalue weighted by Gasteiger charge is -2.32. The van der Waals surface area contributed by atoms with Gasteiger partial charge in [-0.3, -0.25) is 0 Å². The minimum Gasteiger partial charge on any atom is -0.364 e. The van der Waals surface area contributed by atoms with Crippen LogP contribution in [0.1, 0.15) is 78.4 Å². The van der Waals surface area contributed by atoms with Gasteiger partial charge in [0.05, 0.1) is 6.04 Å². The van der Waals surface area contributed by atoms with Gasteiger partial charge in [0.1, 0.15) is 0 Å². The second-order valence-electron chi connectivity index (χ2n) is 12.1. The molecule has 1 unspecified atom stereocenters. The second kappa shape index (κ2) is 10.5. The number of hydrogen-bond acceptors (Lipinski definition) is 2. The van der Waals surface area contributed by atoms with Gasteiger partial charge < -0.3 is 9.80 Å². The fourth-order valence-corrected chi connectivity index (χ4v) is 7.13. The van der Waals surface area contributed by atoms with Crippen LogP contribution in [0.4, 0.5) is 11.4 Å². The molecule has 3 aliphatic rings. The van der Waals surface area contributed by atoms with E-state index in [1.165, 1.54) is 39.3 Å². The van der Waals surface area contributed by atoms with Crippen molar-refractivity contribution >= 4 is 23.0 Å². The Bertz CT molecular complexity index is 1320. The average molecular weight is 527 g/mol. The highest BCUT2D eigenvalue weighted by Crippen LogP contribution is 2.48. The number of benzene rings is 2. The van der Waals surface area contributed by atoms with Crippen molar-refractivity contribution in [3.63, 3.8) is 0 Å². The summed E-state index contributed by atoms with van der Waals surface area (Å²) in [4.78, 5) is 5.08.